The van der Waals surface area contributed by atoms with Crippen molar-refractivity contribution >= 4 is 75.1 Å². The summed E-state index contributed by atoms with van der Waals surface area (Å²) in [7, 11) is 0. The second-order valence-electron chi connectivity index (χ2n) is 11.0. The number of hydrogen-bond acceptors (Lipinski definition) is 1. The van der Waals surface area contributed by atoms with Gasteiger partial charge in [-0.2, -0.15) is 0 Å². The molecule has 51 heavy (non-hydrogen) atoms. The van der Waals surface area contributed by atoms with Crippen molar-refractivity contribution in [2.75, 3.05) is 0 Å². The van der Waals surface area contributed by atoms with Crippen molar-refractivity contribution in [1.82, 2.24) is 9.13 Å². The van der Waals surface area contributed by atoms with Gasteiger partial charge in [-0.3, -0.25) is 0 Å². The van der Waals surface area contributed by atoms with Crippen molar-refractivity contribution in [3.63, 3.8) is 0 Å². The molecule has 3 aromatic heterocycles. The Balaban J connectivity index is 1.34. The fourth-order valence-corrected chi connectivity index (χ4v) is 7.17. The topological polar surface area (TPSA) is 9.86 Å². The maximum atomic E-state index is 9.95. The first kappa shape index (κ1) is 11.8. The number of para-hydroxylation sites is 3. The quantitative estimate of drug-likeness (QED) is 0.173. The molecular formula is C48H30N2S. The van der Waals surface area contributed by atoms with Gasteiger partial charge in [-0.15, -0.1) is 11.3 Å². The van der Waals surface area contributed by atoms with Crippen LogP contribution in [0.15, 0.2) is 181 Å². The number of thiophene rings is 1. The van der Waals surface area contributed by atoms with Crippen LogP contribution in [0.3, 0.4) is 0 Å². The van der Waals surface area contributed by atoms with E-state index in [1.807, 2.05) is 0 Å². The zero-order chi connectivity index (χ0) is 59.6. The van der Waals surface area contributed by atoms with Crippen molar-refractivity contribution in [3.05, 3.63) is 181 Å². The summed E-state index contributed by atoms with van der Waals surface area (Å²) in [4.78, 5) is 0. The minimum Gasteiger partial charge on any atom is -0.309 e. The molecule has 0 aliphatic heterocycles. The highest BCUT2D eigenvalue weighted by Gasteiger charge is 2.17. The van der Waals surface area contributed by atoms with Gasteiger partial charge in [0.2, 0.25) is 0 Å². The third-order valence-electron chi connectivity index (χ3n) is 8.31. The number of rotatable bonds is 4. The molecule has 11 rings (SSSR count). The molecule has 11 aromatic rings. The van der Waals surface area contributed by atoms with Gasteiger partial charge in [0.1, 0.15) is 0 Å². The van der Waals surface area contributed by atoms with Gasteiger partial charge < -0.3 is 9.13 Å². The lowest BCUT2D eigenvalue weighted by Gasteiger charge is -2.10. The van der Waals surface area contributed by atoms with Gasteiger partial charge in [0.05, 0.1) is 63.2 Å². The summed E-state index contributed by atoms with van der Waals surface area (Å²) in [6.45, 7) is 0. The van der Waals surface area contributed by atoms with E-state index in [2.05, 4.69) is 0 Å². The average Bonchev–Trinajstić information content (AvgIpc) is 3.11. The van der Waals surface area contributed by atoms with Crippen LogP contribution in [0.2, 0.25) is 0 Å². The van der Waals surface area contributed by atoms with E-state index < -0.39 is 264 Å². The summed E-state index contributed by atoms with van der Waals surface area (Å²) >= 11 is 0.604. The van der Waals surface area contributed by atoms with E-state index >= 15 is 0 Å². The van der Waals surface area contributed by atoms with Gasteiger partial charge in [0.25, 0.3) is 0 Å². The van der Waals surface area contributed by atoms with Crippen molar-refractivity contribution in [2.24, 2.45) is 0 Å². The molecule has 8 aromatic carbocycles. The maximum Gasteiger partial charge on any atom is 0.0652 e. The molecule has 0 fully saturated rings. The summed E-state index contributed by atoms with van der Waals surface area (Å²) in [5.41, 5.74) is -6.86. The molecule has 0 radical (unpaired) electrons. The Kier molecular flexibility index (Phi) is 2.56. The molecule has 0 saturated carbocycles. The number of fused-ring (bicyclic) bond motifs is 9. The molecule has 0 spiro atoms. The number of nitrogens with zero attached hydrogens (tertiary/aromatic N) is 2. The van der Waals surface area contributed by atoms with Crippen LogP contribution < -0.4 is 0 Å². The fourth-order valence-electron chi connectivity index (χ4n) is 6.20. The molecule has 0 aliphatic rings. The van der Waals surface area contributed by atoms with E-state index in [-0.39, 0.29) is 14.8 Å². The molecule has 3 heterocycles. The Bertz CT molecular complexity index is 4820. The van der Waals surface area contributed by atoms with Crippen LogP contribution in [0.4, 0.5) is 0 Å². The first-order valence-electron chi connectivity index (χ1n) is 30.0. The van der Waals surface area contributed by atoms with Crippen LogP contribution >= 0.6 is 11.3 Å². The Labute approximate surface area is 340 Å². The van der Waals surface area contributed by atoms with Gasteiger partial charge in [0.15, 0.2) is 0 Å². The Morgan fingerprint density at radius 1 is 0.353 bits per heavy atom. The Morgan fingerprint density at radius 3 is 1.59 bits per heavy atom. The summed E-state index contributed by atoms with van der Waals surface area (Å²) in [6.07, 6.45) is 0. The van der Waals surface area contributed by atoms with Crippen LogP contribution in [0.5, 0.6) is 0 Å². The highest BCUT2D eigenvalue weighted by Crippen LogP contribution is 2.43. The third kappa shape index (κ3) is 4.29. The lowest BCUT2D eigenvalue weighted by molar-refractivity contribution is 1.18. The molecule has 3 heteroatoms. The summed E-state index contributed by atoms with van der Waals surface area (Å²) in [6, 6.07) is -26.4. The summed E-state index contributed by atoms with van der Waals surface area (Å²) in [5.74, 6) is 0. The van der Waals surface area contributed by atoms with Crippen LogP contribution in [-0.4, -0.2) is 9.13 Å². The minimum absolute atomic E-state index is 0.224. The lowest BCUT2D eigenvalue weighted by atomic mass is 9.99. The highest BCUT2D eigenvalue weighted by atomic mass is 32.1. The van der Waals surface area contributed by atoms with Crippen molar-refractivity contribution in [3.8, 4) is 33.6 Å². The molecule has 0 unspecified atom stereocenters. The number of benzene rings is 8. The molecule has 2 nitrogen and oxygen atoms in total. The minimum atomic E-state index is -1.06. The Morgan fingerprint density at radius 2 is 0.922 bits per heavy atom. The molecule has 0 N–H and O–H groups in total. The zero-order valence-corrected chi connectivity index (χ0v) is 26.1. The normalized spacial score (nSPS) is 20.2. The molecule has 0 aliphatic carbocycles. The lowest BCUT2D eigenvalue weighted by Crippen LogP contribution is -1.93. The maximum absolute atomic E-state index is 9.95. The first-order chi connectivity index (χ1) is 37.8. The highest BCUT2D eigenvalue weighted by molar-refractivity contribution is 7.26. The smallest absolute Gasteiger partial charge is 0.0652 e. The van der Waals surface area contributed by atoms with Crippen LogP contribution in [0.25, 0.3) is 97.4 Å². The van der Waals surface area contributed by atoms with E-state index in [0.717, 1.165) is 9.13 Å². The monoisotopic (exact) mass is 696 g/mol. The second kappa shape index (κ2) is 11.0. The van der Waals surface area contributed by atoms with Crippen LogP contribution in [0.1, 0.15) is 41.1 Å². The number of aromatic nitrogens is 2. The third-order valence-corrected chi connectivity index (χ3v) is 9.33. The van der Waals surface area contributed by atoms with E-state index in [0.29, 0.717) is 11.3 Å². The van der Waals surface area contributed by atoms with Gasteiger partial charge in [-0.1, -0.05) is 109 Å². The van der Waals surface area contributed by atoms with E-state index in [4.69, 9.17) is 26.0 Å². The van der Waals surface area contributed by atoms with Crippen molar-refractivity contribution < 1.29 is 41.1 Å². The molecule has 0 atom stereocenters. The standard InChI is InChI=1S/C48H30N2S/c1-3-12-31(13-4-1)36-18-11-21-47-48(36)41-30-35(24-27-46(41)51-47)50-43-20-10-8-17-38(43)40-29-33(23-26-45(40)50)32-22-25-44-39(28-32)37-16-7-9-19-42(37)49(44)34-14-5-2-6-15-34/h1-30H/i1D,2D,3D,4D,5D,6D,7D,8D,9D,10D,11D,12D,13D,14D,15D,16D,17D,18D,19D,20D,21D,22D,23D,24D,25D,26D,27D,28D,29D,30D. The summed E-state index contributed by atoms with van der Waals surface area (Å²) in [5, 5.41) is -3.14. The zero-order valence-electron chi connectivity index (χ0n) is 55.3. The molecule has 0 saturated heterocycles. The first-order valence-corrected chi connectivity index (χ1v) is 15.8. The molecular weight excluding hydrogens is 637 g/mol. The molecule has 0 bridgehead atoms. The van der Waals surface area contributed by atoms with Gasteiger partial charge in [-0.05, 0) is 94.8 Å². The van der Waals surface area contributed by atoms with E-state index in [1.54, 1.807) is 0 Å². The van der Waals surface area contributed by atoms with Gasteiger partial charge in [-0.25, -0.2) is 0 Å². The average molecular weight is 697 g/mol. The Hall–Kier alpha value is -6.42. The molecule has 0 amide bonds. The largest absolute Gasteiger partial charge is 0.309 e. The molecule has 238 valence electrons. The summed E-state index contributed by atoms with van der Waals surface area (Å²) < 4.78 is 272. The van der Waals surface area contributed by atoms with Crippen molar-refractivity contribution in [1.29, 1.82) is 0 Å². The van der Waals surface area contributed by atoms with E-state index in [9.17, 15) is 15.1 Å². The van der Waals surface area contributed by atoms with Gasteiger partial charge in [0, 0.05) is 53.1 Å². The van der Waals surface area contributed by atoms with Crippen molar-refractivity contribution in [2.45, 2.75) is 0 Å². The second-order valence-corrected chi connectivity index (χ2v) is 12.0. The van der Waals surface area contributed by atoms with Crippen LogP contribution in [0, 0.1) is 0 Å². The number of hydrogen-bond donors (Lipinski definition) is 0. The SMILES string of the molecule is [2H]c1c([2H])c([2H])c(-c2c([2H])c([2H])c([2H])c3sc4c([2H])c([2H])c(-n5c6c([2H])c([2H])c([2H])c([2H])c6c6c([2H])c(-c7c([2H])c([2H])c8c(c7[2H])c7c([2H])c([2H])c([2H])c([2H])c7n8-c7c([2H])c([2H])c([2H])c([2H])c7[2H])c([2H])c([2H])c65)c([2H])c4c23)c([2H])c1[2H]. The van der Waals surface area contributed by atoms with E-state index in [1.165, 1.54) is 0 Å². The predicted octanol–water partition coefficient (Wildman–Crippen LogP) is 13.6. The predicted molar refractivity (Wildman–Crippen MR) is 219 cm³/mol. The van der Waals surface area contributed by atoms with Gasteiger partial charge >= 0.3 is 0 Å². The van der Waals surface area contributed by atoms with Crippen LogP contribution in [-0.2, 0) is 0 Å². The fraction of sp³-hybridized carbons (Fsp3) is 0.